The molecule has 4 rings (SSSR count). The van der Waals surface area contributed by atoms with Crippen LogP contribution in [0.4, 0.5) is 4.39 Å². The molecule has 0 unspecified atom stereocenters. The number of benzene rings is 2. The summed E-state index contributed by atoms with van der Waals surface area (Å²) in [6.45, 7) is 1.49. The van der Waals surface area contributed by atoms with Crippen molar-refractivity contribution in [2.45, 2.75) is 35.4 Å². The lowest BCUT2D eigenvalue weighted by molar-refractivity contribution is 0.133. The zero-order valence-electron chi connectivity index (χ0n) is 16.9. The standard InChI is InChI=1S/C22H27FN2O3S/c1-24(2)20-13-25(19-11-21(26)16-5-4-6-18(23)22(16)19)12-17(20)14-7-9-15(10-8-14)29(3,27)28/h4-10,17,19-21,26H,11-13H2,1-3H3/t17-,19+,20+,21-/m1/s1. The fraction of sp³-hybridized carbons (Fsp3) is 0.455. The summed E-state index contributed by atoms with van der Waals surface area (Å²) in [5, 5.41) is 10.4. The summed E-state index contributed by atoms with van der Waals surface area (Å²) < 4.78 is 38.1. The molecule has 1 heterocycles. The molecule has 7 heteroatoms. The summed E-state index contributed by atoms with van der Waals surface area (Å²) in [6.07, 6.45) is 1.06. The Kier molecular flexibility index (Phi) is 5.27. The Labute approximate surface area is 171 Å². The number of likely N-dealkylation sites (N-methyl/N-ethyl adjacent to an activating group) is 1. The van der Waals surface area contributed by atoms with Crippen LogP contribution in [0.5, 0.6) is 0 Å². The first kappa shape index (κ1) is 20.5. The van der Waals surface area contributed by atoms with E-state index >= 15 is 0 Å². The fourth-order valence-corrected chi connectivity index (χ4v) is 5.50. The van der Waals surface area contributed by atoms with E-state index in [9.17, 15) is 17.9 Å². The van der Waals surface area contributed by atoms with E-state index in [0.717, 1.165) is 18.7 Å². The average Bonchev–Trinajstić information content (AvgIpc) is 3.24. The van der Waals surface area contributed by atoms with Gasteiger partial charge in [0, 0.05) is 42.9 Å². The molecule has 1 aliphatic heterocycles. The van der Waals surface area contributed by atoms with E-state index in [1.165, 1.54) is 12.3 Å². The van der Waals surface area contributed by atoms with E-state index in [0.29, 0.717) is 22.4 Å². The molecule has 1 aliphatic carbocycles. The van der Waals surface area contributed by atoms with Gasteiger partial charge in [0.2, 0.25) is 0 Å². The molecule has 1 N–H and O–H groups in total. The molecule has 0 saturated carbocycles. The van der Waals surface area contributed by atoms with Crippen molar-refractivity contribution in [2.24, 2.45) is 0 Å². The van der Waals surface area contributed by atoms with Crippen LogP contribution < -0.4 is 0 Å². The Morgan fingerprint density at radius 3 is 2.41 bits per heavy atom. The molecule has 0 spiro atoms. The van der Waals surface area contributed by atoms with Gasteiger partial charge in [0.1, 0.15) is 5.82 Å². The van der Waals surface area contributed by atoms with E-state index in [4.69, 9.17) is 0 Å². The van der Waals surface area contributed by atoms with Crippen LogP contribution in [-0.2, 0) is 9.84 Å². The Hall–Kier alpha value is -1.80. The Morgan fingerprint density at radius 2 is 1.79 bits per heavy atom. The van der Waals surface area contributed by atoms with Crippen molar-refractivity contribution in [3.8, 4) is 0 Å². The smallest absolute Gasteiger partial charge is 0.175 e. The number of aliphatic hydroxyl groups is 1. The van der Waals surface area contributed by atoms with E-state index in [1.807, 2.05) is 32.3 Å². The van der Waals surface area contributed by atoms with Crippen LogP contribution in [0.25, 0.3) is 0 Å². The summed E-state index contributed by atoms with van der Waals surface area (Å²) >= 11 is 0. The van der Waals surface area contributed by atoms with Gasteiger partial charge in [-0.05, 0) is 49.8 Å². The number of fused-ring (bicyclic) bond motifs is 1. The van der Waals surface area contributed by atoms with Crippen molar-refractivity contribution in [1.82, 2.24) is 9.80 Å². The van der Waals surface area contributed by atoms with Gasteiger partial charge < -0.3 is 10.0 Å². The third kappa shape index (κ3) is 3.72. The number of hydrogen-bond donors (Lipinski definition) is 1. The van der Waals surface area contributed by atoms with Gasteiger partial charge in [-0.25, -0.2) is 12.8 Å². The molecule has 4 atom stereocenters. The first-order valence-electron chi connectivity index (χ1n) is 9.83. The quantitative estimate of drug-likeness (QED) is 0.827. The molecular weight excluding hydrogens is 391 g/mol. The van der Waals surface area contributed by atoms with Gasteiger partial charge in [-0.1, -0.05) is 24.3 Å². The number of sulfone groups is 1. The predicted molar refractivity (Wildman–Crippen MR) is 110 cm³/mol. The Morgan fingerprint density at radius 1 is 1.10 bits per heavy atom. The summed E-state index contributed by atoms with van der Waals surface area (Å²) in [7, 11) is 0.832. The van der Waals surface area contributed by atoms with Gasteiger partial charge in [-0.2, -0.15) is 0 Å². The molecule has 0 aromatic heterocycles. The topological polar surface area (TPSA) is 60.9 Å². The lowest BCUT2D eigenvalue weighted by atomic mass is 9.94. The van der Waals surface area contributed by atoms with Crippen LogP contribution in [-0.4, -0.2) is 62.8 Å². The highest BCUT2D eigenvalue weighted by Crippen LogP contribution is 2.46. The van der Waals surface area contributed by atoms with Crippen molar-refractivity contribution in [3.05, 3.63) is 65.0 Å². The largest absolute Gasteiger partial charge is 0.388 e. The number of nitrogens with zero attached hydrogens (tertiary/aromatic N) is 2. The summed E-state index contributed by atoms with van der Waals surface area (Å²) in [4.78, 5) is 4.74. The van der Waals surface area contributed by atoms with E-state index in [-0.39, 0.29) is 23.8 Å². The molecule has 1 fully saturated rings. The number of halogens is 1. The van der Waals surface area contributed by atoms with Crippen molar-refractivity contribution >= 4 is 9.84 Å². The lowest BCUT2D eigenvalue weighted by Gasteiger charge is -2.26. The number of aliphatic hydroxyl groups excluding tert-OH is 1. The Bertz CT molecular complexity index is 1010. The van der Waals surface area contributed by atoms with Crippen molar-refractivity contribution in [1.29, 1.82) is 0 Å². The van der Waals surface area contributed by atoms with E-state index < -0.39 is 15.9 Å². The van der Waals surface area contributed by atoms with Crippen molar-refractivity contribution in [2.75, 3.05) is 33.4 Å². The number of hydrogen-bond acceptors (Lipinski definition) is 5. The molecule has 2 aliphatic rings. The monoisotopic (exact) mass is 418 g/mol. The summed E-state index contributed by atoms with van der Waals surface area (Å²) in [5.41, 5.74) is 2.38. The molecule has 2 aromatic carbocycles. The molecule has 2 aromatic rings. The highest BCUT2D eigenvalue weighted by atomic mass is 32.2. The van der Waals surface area contributed by atoms with Crippen LogP contribution in [0.2, 0.25) is 0 Å². The van der Waals surface area contributed by atoms with E-state index in [2.05, 4.69) is 9.80 Å². The molecule has 29 heavy (non-hydrogen) atoms. The van der Waals surface area contributed by atoms with E-state index in [1.54, 1.807) is 18.2 Å². The van der Waals surface area contributed by atoms with Gasteiger partial charge in [0.05, 0.1) is 11.0 Å². The van der Waals surface area contributed by atoms with Crippen molar-refractivity contribution in [3.63, 3.8) is 0 Å². The first-order chi connectivity index (χ1) is 13.7. The molecule has 0 amide bonds. The summed E-state index contributed by atoms with van der Waals surface area (Å²) in [5.74, 6) is -0.0852. The van der Waals surface area contributed by atoms with Gasteiger partial charge >= 0.3 is 0 Å². The summed E-state index contributed by atoms with van der Waals surface area (Å²) in [6, 6.07) is 12.1. The predicted octanol–water partition coefficient (Wildman–Crippen LogP) is 2.74. The average molecular weight is 419 g/mol. The first-order valence-corrected chi connectivity index (χ1v) is 11.7. The normalized spacial score (nSPS) is 27.5. The molecule has 0 radical (unpaired) electrons. The van der Waals surface area contributed by atoms with Crippen LogP contribution in [0.15, 0.2) is 47.4 Å². The highest BCUT2D eigenvalue weighted by Gasteiger charge is 2.43. The zero-order valence-corrected chi connectivity index (χ0v) is 17.7. The van der Waals surface area contributed by atoms with Crippen LogP contribution in [0.1, 0.15) is 41.2 Å². The van der Waals surface area contributed by atoms with Gasteiger partial charge in [-0.15, -0.1) is 0 Å². The van der Waals surface area contributed by atoms with Crippen LogP contribution in [0.3, 0.4) is 0 Å². The zero-order chi connectivity index (χ0) is 20.9. The maximum absolute atomic E-state index is 14.6. The van der Waals surface area contributed by atoms with Crippen LogP contribution in [0, 0.1) is 5.82 Å². The molecule has 5 nitrogen and oxygen atoms in total. The van der Waals surface area contributed by atoms with Gasteiger partial charge in [0.15, 0.2) is 9.84 Å². The molecule has 156 valence electrons. The second kappa shape index (κ2) is 7.47. The van der Waals surface area contributed by atoms with Crippen LogP contribution >= 0.6 is 0 Å². The van der Waals surface area contributed by atoms with Gasteiger partial charge in [0.25, 0.3) is 0 Å². The molecule has 0 bridgehead atoms. The minimum atomic E-state index is -3.23. The van der Waals surface area contributed by atoms with Crippen molar-refractivity contribution < 1.29 is 17.9 Å². The Balaban J connectivity index is 1.64. The molecule has 1 saturated heterocycles. The molecular formula is C22H27FN2O3S. The number of rotatable bonds is 4. The fourth-order valence-electron chi connectivity index (χ4n) is 4.87. The SMILES string of the molecule is CN(C)[C@H]1CN([C@H]2C[C@@H](O)c3cccc(F)c32)C[C@@H]1c1ccc(S(C)(=O)=O)cc1. The third-order valence-corrected chi connectivity index (χ3v) is 7.51. The second-order valence-electron chi connectivity index (χ2n) is 8.44. The third-order valence-electron chi connectivity index (χ3n) is 6.38. The number of likely N-dealkylation sites (tertiary alicyclic amines) is 1. The van der Waals surface area contributed by atoms with Gasteiger partial charge in [-0.3, -0.25) is 4.90 Å². The second-order valence-corrected chi connectivity index (χ2v) is 10.5. The maximum Gasteiger partial charge on any atom is 0.175 e. The minimum Gasteiger partial charge on any atom is -0.388 e. The highest BCUT2D eigenvalue weighted by molar-refractivity contribution is 7.90. The lowest BCUT2D eigenvalue weighted by Crippen LogP contribution is -2.35. The minimum absolute atomic E-state index is 0.149. The maximum atomic E-state index is 14.6.